The molecule has 1 saturated heterocycles. The Morgan fingerprint density at radius 2 is 2.23 bits per heavy atom. The number of nitrogens with two attached hydrogens (primary N) is 1. The fraction of sp³-hybridized carbons (Fsp3) is 0.556. The van der Waals surface area contributed by atoms with Crippen LogP contribution in [0.1, 0.15) is 18.7 Å². The van der Waals surface area contributed by atoms with E-state index in [0.29, 0.717) is 11.8 Å². The van der Waals surface area contributed by atoms with Crippen molar-refractivity contribution in [3.8, 4) is 0 Å². The van der Waals surface area contributed by atoms with Crippen LogP contribution in [-0.4, -0.2) is 22.7 Å². The fourth-order valence-corrected chi connectivity index (χ4v) is 1.48. The van der Waals surface area contributed by atoms with Gasteiger partial charge < -0.3 is 10.5 Å². The van der Waals surface area contributed by atoms with E-state index in [2.05, 4.69) is 9.97 Å². The molecule has 13 heavy (non-hydrogen) atoms. The Balaban J connectivity index is 1.97. The molecule has 0 spiro atoms. The highest BCUT2D eigenvalue weighted by atomic mass is 16.5. The van der Waals surface area contributed by atoms with E-state index >= 15 is 0 Å². The molecular formula is C9H13N3O. The minimum atomic E-state index is 0.309. The topological polar surface area (TPSA) is 61.0 Å². The Hall–Kier alpha value is -1.16. The minimum Gasteiger partial charge on any atom is -0.396 e. The first-order chi connectivity index (χ1) is 6.34. The average Bonchev–Trinajstić information content (AvgIpc) is 2.62. The van der Waals surface area contributed by atoms with Crippen molar-refractivity contribution < 1.29 is 4.74 Å². The molecule has 1 aromatic rings. The van der Waals surface area contributed by atoms with Crippen molar-refractivity contribution in [3.05, 3.63) is 18.2 Å². The van der Waals surface area contributed by atoms with Gasteiger partial charge in [0.25, 0.3) is 0 Å². The predicted molar refractivity (Wildman–Crippen MR) is 49.1 cm³/mol. The summed E-state index contributed by atoms with van der Waals surface area (Å²) >= 11 is 0. The smallest absolute Gasteiger partial charge is 0.130 e. The van der Waals surface area contributed by atoms with Gasteiger partial charge >= 0.3 is 0 Å². The first-order valence-corrected chi connectivity index (χ1v) is 4.52. The van der Waals surface area contributed by atoms with E-state index in [0.717, 1.165) is 31.7 Å². The van der Waals surface area contributed by atoms with E-state index in [1.165, 1.54) is 0 Å². The lowest BCUT2D eigenvalue weighted by Gasteiger charge is -2.06. The van der Waals surface area contributed by atoms with Gasteiger partial charge in [0.2, 0.25) is 0 Å². The van der Waals surface area contributed by atoms with Crippen molar-refractivity contribution in [2.45, 2.75) is 25.4 Å². The van der Waals surface area contributed by atoms with Crippen LogP contribution >= 0.6 is 0 Å². The summed E-state index contributed by atoms with van der Waals surface area (Å²) in [7, 11) is 0. The lowest BCUT2D eigenvalue weighted by Crippen LogP contribution is -2.11. The number of nitrogen functional groups attached to an aromatic ring is 1. The molecule has 0 saturated carbocycles. The molecule has 1 aromatic heterocycles. The summed E-state index contributed by atoms with van der Waals surface area (Å²) < 4.78 is 5.48. The molecule has 0 bridgehead atoms. The van der Waals surface area contributed by atoms with Crippen LogP contribution in [0.3, 0.4) is 0 Å². The average molecular weight is 179 g/mol. The molecule has 2 N–H and O–H groups in total. The Labute approximate surface area is 77.1 Å². The van der Waals surface area contributed by atoms with Crippen molar-refractivity contribution >= 4 is 5.69 Å². The summed E-state index contributed by atoms with van der Waals surface area (Å²) in [5.74, 6) is 0.820. The van der Waals surface area contributed by atoms with Crippen LogP contribution in [0.4, 0.5) is 5.69 Å². The molecule has 1 aliphatic heterocycles. The van der Waals surface area contributed by atoms with Crippen molar-refractivity contribution in [2.75, 3.05) is 12.3 Å². The molecule has 1 fully saturated rings. The normalized spacial score (nSPS) is 22.0. The molecule has 0 radical (unpaired) electrons. The molecule has 2 rings (SSSR count). The second kappa shape index (κ2) is 3.70. The van der Waals surface area contributed by atoms with E-state index in [-0.39, 0.29) is 0 Å². The Morgan fingerprint density at radius 3 is 2.85 bits per heavy atom. The number of hydrogen-bond acceptors (Lipinski definition) is 4. The maximum Gasteiger partial charge on any atom is 0.130 e. The molecule has 4 nitrogen and oxygen atoms in total. The molecule has 1 atom stereocenters. The van der Waals surface area contributed by atoms with Gasteiger partial charge in [0.15, 0.2) is 0 Å². The molecule has 0 amide bonds. The van der Waals surface area contributed by atoms with Crippen molar-refractivity contribution in [3.63, 3.8) is 0 Å². The monoisotopic (exact) mass is 179 g/mol. The van der Waals surface area contributed by atoms with Crippen LogP contribution in [-0.2, 0) is 11.2 Å². The number of anilines is 1. The third-order valence-corrected chi connectivity index (χ3v) is 2.16. The van der Waals surface area contributed by atoms with Gasteiger partial charge in [-0.25, -0.2) is 9.97 Å². The Kier molecular flexibility index (Phi) is 2.40. The Bertz CT molecular complexity index is 267. The molecular weight excluding hydrogens is 166 g/mol. The van der Waals surface area contributed by atoms with E-state index in [1.807, 2.05) is 0 Å². The van der Waals surface area contributed by atoms with E-state index in [4.69, 9.17) is 10.5 Å². The van der Waals surface area contributed by atoms with E-state index in [1.54, 1.807) is 12.4 Å². The van der Waals surface area contributed by atoms with E-state index < -0.39 is 0 Å². The van der Waals surface area contributed by atoms with Gasteiger partial charge in [-0.05, 0) is 12.8 Å². The van der Waals surface area contributed by atoms with Crippen LogP contribution in [0.5, 0.6) is 0 Å². The zero-order chi connectivity index (χ0) is 9.10. The van der Waals surface area contributed by atoms with Crippen LogP contribution in [0.15, 0.2) is 12.4 Å². The van der Waals surface area contributed by atoms with Crippen LogP contribution in [0.25, 0.3) is 0 Å². The third-order valence-electron chi connectivity index (χ3n) is 2.16. The van der Waals surface area contributed by atoms with Crippen molar-refractivity contribution in [1.29, 1.82) is 0 Å². The summed E-state index contributed by atoms with van der Waals surface area (Å²) in [6, 6.07) is 0. The van der Waals surface area contributed by atoms with Crippen LogP contribution in [0.2, 0.25) is 0 Å². The van der Waals surface area contributed by atoms with E-state index in [9.17, 15) is 0 Å². The maximum atomic E-state index is 5.48. The van der Waals surface area contributed by atoms with Gasteiger partial charge in [-0.1, -0.05) is 0 Å². The number of rotatable bonds is 2. The minimum absolute atomic E-state index is 0.309. The lowest BCUT2D eigenvalue weighted by atomic mass is 10.2. The van der Waals surface area contributed by atoms with Crippen LogP contribution in [0, 0.1) is 0 Å². The SMILES string of the molecule is Nc1cnc(CC2CCCO2)nc1. The number of aromatic nitrogens is 2. The summed E-state index contributed by atoms with van der Waals surface area (Å²) in [5, 5.41) is 0. The maximum absolute atomic E-state index is 5.48. The third kappa shape index (κ3) is 2.15. The Morgan fingerprint density at radius 1 is 1.46 bits per heavy atom. The first-order valence-electron chi connectivity index (χ1n) is 4.52. The van der Waals surface area contributed by atoms with Crippen molar-refractivity contribution in [2.24, 2.45) is 0 Å². The molecule has 0 aromatic carbocycles. The zero-order valence-corrected chi connectivity index (χ0v) is 7.44. The summed E-state index contributed by atoms with van der Waals surface area (Å²) in [5.41, 5.74) is 6.09. The molecule has 1 aliphatic rings. The number of ether oxygens (including phenoxy) is 1. The van der Waals surface area contributed by atoms with Crippen molar-refractivity contribution in [1.82, 2.24) is 9.97 Å². The molecule has 2 heterocycles. The second-order valence-corrected chi connectivity index (χ2v) is 3.27. The summed E-state index contributed by atoms with van der Waals surface area (Å²) in [4.78, 5) is 8.25. The summed E-state index contributed by atoms with van der Waals surface area (Å²) in [6.45, 7) is 0.875. The second-order valence-electron chi connectivity index (χ2n) is 3.27. The fourth-order valence-electron chi connectivity index (χ4n) is 1.48. The molecule has 0 aliphatic carbocycles. The van der Waals surface area contributed by atoms with Gasteiger partial charge in [0, 0.05) is 13.0 Å². The highest BCUT2D eigenvalue weighted by molar-refractivity contribution is 5.30. The standard InChI is InChI=1S/C9H13N3O/c10-7-5-11-9(12-6-7)4-8-2-1-3-13-8/h5-6,8H,1-4,10H2. The van der Waals surface area contributed by atoms with Gasteiger partial charge in [0.1, 0.15) is 5.82 Å². The highest BCUT2D eigenvalue weighted by Crippen LogP contribution is 2.15. The lowest BCUT2D eigenvalue weighted by molar-refractivity contribution is 0.110. The van der Waals surface area contributed by atoms with Gasteiger partial charge in [-0.2, -0.15) is 0 Å². The number of nitrogens with zero attached hydrogens (tertiary/aromatic N) is 2. The van der Waals surface area contributed by atoms with Gasteiger partial charge in [0.05, 0.1) is 24.2 Å². The quantitative estimate of drug-likeness (QED) is 0.728. The molecule has 70 valence electrons. The zero-order valence-electron chi connectivity index (χ0n) is 7.44. The largest absolute Gasteiger partial charge is 0.396 e. The first kappa shape index (κ1) is 8.44. The van der Waals surface area contributed by atoms with Crippen LogP contribution < -0.4 is 5.73 Å². The molecule has 1 unspecified atom stereocenters. The highest BCUT2D eigenvalue weighted by Gasteiger charge is 2.16. The van der Waals surface area contributed by atoms with Gasteiger partial charge in [-0.15, -0.1) is 0 Å². The molecule has 4 heteroatoms. The van der Waals surface area contributed by atoms with Gasteiger partial charge in [-0.3, -0.25) is 0 Å². The predicted octanol–water partition coefficient (Wildman–Crippen LogP) is 0.780. The summed E-state index contributed by atoms with van der Waals surface area (Å²) in [6.07, 6.45) is 6.66. The number of hydrogen-bond donors (Lipinski definition) is 1.